The lowest BCUT2D eigenvalue weighted by molar-refractivity contribution is 0.875. The number of hydrogen-bond donors (Lipinski definition) is 1. The van der Waals surface area contributed by atoms with E-state index in [1.54, 1.807) is 18.7 Å². The van der Waals surface area contributed by atoms with Gasteiger partial charge in [-0.3, -0.25) is 14.2 Å². The van der Waals surface area contributed by atoms with Gasteiger partial charge in [-0.25, -0.2) is 0 Å². The Labute approximate surface area is 130 Å². The highest BCUT2D eigenvalue weighted by molar-refractivity contribution is 7.98. The van der Waals surface area contributed by atoms with Gasteiger partial charge >= 0.3 is 0 Å². The molecule has 0 saturated heterocycles. The third kappa shape index (κ3) is 2.69. The monoisotopic (exact) mass is 320 g/mol. The number of aromatic nitrogens is 4. The van der Waals surface area contributed by atoms with Gasteiger partial charge in [-0.1, -0.05) is 35.5 Å². The van der Waals surface area contributed by atoms with E-state index in [1.165, 1.54) is 0 Å². The van der Waals surface area contributed by atoms with E-state index in [-0.39, 0.29) is 5.56 Å². The van der Waals surface area contributed by atoms with Gasteiger partial charge in [0.1, 0.15) is 0 Å². The lowest BCUT2D eigenvalue weighted by atomic mass is 10.2. The van der Waals surface area contributed by atoms with Crippen molar-refractivity contribution >= 4 is 29.1 Å². The largest absolute Gasteiger partial charge is 0.290 e. The second-order valence-corrected chi connectivity index (χ2v) is 6.10. The minimum Gasteiger partial charge on any atom is -0.290 e. The van der Waals surface area contributed by atoms with Gasteiger partial charge < -0.3 is 0 Å². The fourth-order valence-electron chi connectivity index (χ4n) is 2.05. The van der Waals surface area contributed by atoms with Gasteiger partial charge in [0, 0.05) is 22.0 Å². The maximum Gasteiger partial charge on any atom is 0.255 e. The molecule has 108 valence electrons. The van der Waals surface area contributed by atoms with E-state index in [4.69, 9.17) is 11.6 Å². The fraction of sp³-hybridized carbons (Fsp3) is 0.214. The van der Waals surface area contributed by atoms with Gasteiger partial charge in [-0.15, -0.1) is 10.2 Å². The van der Waals surface area contributed by atoms with Crippen LogP contribution in [0.5, 0.6) is 0 Å². The molecular weight excluding hydrogens is 308 g/mol. The van der Waals surface area contributed by atoms with E-state index in [1.807, 2.05) is 35.6 Å². The van der Waals surface area contributed by atoms with Crippen molar-refractivity contribution in [2.45, 2.75) is 24.8 Å². The number of H-pyrrole nitrogens is 1. The molecule has 2 aromatic heterocycles. The Morgan fingerprint density at radius 1 is 1.33 bits per heavy atom. The zero-order chi connectivity index (χ0) is 15.0. The summed E-state index contributed by atoms with van der Waals surface area (Å²) in [7, 11) is 0. The van der Waals surface area contributed by atoms with E-state index in [0.29, 0.717) is 11.3 Å². The molecule has 1 aromatic carbocycles. The molecule has 0 atom stereocenters. The van der Waals surface area contributed by atoms with Crippen molar-refractivity contribution in [2.24, 2.45) is 0 Å². The molecule has 0 spiro atoms. The highest BCUT2D eigenvalue weighted by atomic mass is 35.5. The molecule has 0 amide bonds. The number of aromatic amines is 1. The second kappa shape index (κ2) is 5.54. The minimum atomic E-state index is -0.126. The number of benzene rings is 1. The SMILES string of the molecule is Cc1c(C)n2c(SCc3cccc(Cl)c3)nnc2[nH]c1=O. The number of thioether (sulfide) groups is 1. The molecule has 0 bridgehead atoms. The summed E-state index contributed by atoms with van der Waals surface area (Å²) in [5.41, 5.74) is 2.51. The predicted molar refractivity (Wildman–Crippen MR) is 84.1 cm³/mol. The highest BCUT2D eigenvalue weighted by Crippen LogP contribution is 2.23. The maximum absolute atomic E-state index is 11.7. The van der Waals surface area contributed by atoms with Crippen LogP contribution in [0.4, 0.5) is 0 Å². The molecule has 1 N–H and O–H groups in total. The molecule has 21 heavy (non-hydrogen) atoms. The summed E-state index contributed by atoms with van der Waals surface area (Å²) in [6.07, 6.45) is 0. The molecular formula is C14H13ClN4OS. The van der Waals surface area contributed by atoms with E-state index >= 15 is 0 Å². The van der Waals surface area contributed by atoms with Crippen LogP contribution in [0, 0.1) is 13.8 Å². The lowest BCUT2D eigenvalue weighted by Gasteiger charge is -2.05. The zero-order valence-electron chi connectivity index (χ0n) is 11.6. The minimum absolute atomic E-state index is 0.126. The molecule has 3 aromatic rings. The summed E-state index contributed by atoms with van der Waals surface area (Å²) < 4.78 is 1.87. The lowest BCUT2D eigenvalue weighted by Crippen LogP contribution is -2.15. The molecule has 3 rings (SSSR count). The first-order valence-electron chi connectivity index (χ1n) is 6.38. The summed E-state index contributed by atoms with van der Waals surface area (Å²) in [5.74, 6) is 1.20. The van der Waals surface area contributed by atoms with Crippen LogP contribution in [0.15, 0.2) is 34.2 Å². The van der Waals surface area contributed by atoms with Gasteiger partial charge in [0.2, 0.25) is 5.78 Å². The second-order valence-electron chi connectivity index (χ2n) is 4.72. The summed E-state index contributed by atoms with van der Waals surface area (Å²) in [6, 6.07) is 7.72. The standard InChI is InChI=1S/C14H13ClN4OS/c1-8-9(2)19-13(16-12(8)20)17-18-14(19)21-7-10-4-3-5-11(15)6-10/h3-6H,7H2,1-2H3,(H,16,17,20). The molecule has 0 unspecified atom stereocenters. The Bertz CT molecular complexity index is 871. The summed E-state index contributed by atoms with van der Waals surface area (Å²) >= 11 is 7.54. The molecule has 7 heteroatoms. The molecule has 0 aliphatic carbocycles. The average molecular weight is 321 g/mol. The number of fused-ring (bicyclic) bond motifs is 1. The summed E-state index contributed by atoms with van der Waals surface area (Å²) in [4.78, 5) is 14.4. The Morgan fingerprint density at radius 2 is 2.14 bits per heavy atom. The van der Waals surface area contributed by atoms with Crippen LogP contribution in [0.25, 0.3) is 5.78 Å². The molecule has 0 fully saturated rings. The number of nitrogens with zero attached hydrogens (tertiary/aromatic N) is 3. The van der Waals surface area contributed by atoms with Gasteiger partial charge in [0.25, 0.3) is 5.56 Å². The molecule has 5 nitrogen and oxygen atoms in total. The van der Waals surface area contributed by atoms with Crippen molar-refractivity contribution in [1.82, 2.24) is 19.6 Å². The van der Waals surface area contributed by atoms with Gasteiger partial charge in [0.15, 0.2) is 5.16 Å². The smallest absolute Gasteiger partial charge is 0.255 e. The quantitative estimate of drug-likeness (QED) is 0.754. The van der Waals surface area contributed by atoms with Gasteiger partial charge in [-0.05, 0) is 31.5 Å². The third-order valence-electron chi connectivity index (χ3n) is 3.33. The van der Waals surface area contributed by atoms with Crippen LogP contribution < -0.4 is 5.56 Å². The highest BCUT2D eigenvalue weighted by Gasteiger charge is 2.12. The van der Waals surface area contributed by atoms with Crippen LogP contribution in [0.3, 0.4) is 0 Å². The maximum atomic E-state index is 11.7. The molecule has 0 aliphatic heterocycles. The average Bonchev–Trinajstić information content (AvgIpc) is 2.86. The Balaban J connectivity index is 1.95. The Kier molecular flexibility index (Phi) is 3.73. The van der Waals surface area contributed by atoms with Crippen molar-refractivity contribution in [3.05, 3.63) is 56.5 Å². The van der Waals surface area contributed by atoms with Crippen LogP contribution in [-0.4, -0.2) is 19.6 Å². The number of aryl methyl sites for hydroxylation is 1. The third-order valence-corrected chi connectivity index (χ3v) is 4.57. The van der Waals surface area contributed by atoms with Crippen molar-refractivity contribution in [3.8, 4) is 0 Å². The fourth-order valence-corrected chi connectivity index (χ4v) is 3.19. The van der Waals surface area contributed by atoms with Crippen LogP contribution in [0.2, 0.25) is 5.02 Å². The van der Waals surface area contributed by atoms with E-state index in [2.05, 4.69) is 15.2 Å². The number of rotatable bonds is 3. The molecule has 0 radical (unpaired) electrons. The first-order valence-corrected chi connectivity index (χ1v) is 7.74. The number of hydrogen-bond acceptors (Lipinski definition) is 4. The topological polar surface area (TPSA) is 63.1 Å². The number of halogens is 1. The Hall–Kier alpha value is -1.79. The van der Waals surface area contributed by atoms with Crippen molar-refractivity contribution in [2.75, 3.05) is 0 Å². The van der Waals surface area contributed by atoms with Crippen molar-refractivity contribution in [1.29, 1.82) is 0 Å². The van der Waals surface area contributed by atoms with E-state index in [9.17, 15) is 4.79 Å². The molecule has 0 saturated carbocycles. The van der Waals surface area contributed by atoms with Crippen LogP contribution in [-0.2, 0) is 5.75 Å². The molecule has 0 aliphatic rings. The first kappa shape index (κ1) is 14.2. The number of nitrogens with one attached hydrogen (secondary N) is 1. The summed E-state index contributed by atoms with van der Waals surface area (Å²) in [6.45, 7) is 3.68. The summed E-state index contributed by atoms with van der Waals surface area (Å²) in [5, 5.41) is 9.64. The van der Waals surface area contributed by atoms with Crippen molar-refractivity contribution < 1.29 is 0 Å². The van der Waals surface area contributed by atoms with Crippen LogP contribution >= 0.6 is 23.4 Å². The van der Waals surface area contributed by atoms with Crippen molar-refractivity contribution in [3.63, 3.8) is 0 Å². The zero-order valence-corrected chi connectivity index (χ0v) is 13.1. The first-order chi connectivity index (χ1) is 10.1. The van der Waals surface area contributed by atoms with E-state index in [0.717, 1.165) is 27.2 Å². The van der Waals surface area contributed by atoms with Crippen LogP contribution in [0.1, 0.15) is 16.8 Å². The normalized spacial score (nSPS) is 11.2. The van der Waals surface area contributed by atoms with E-state index < -0.39 is 0 Å². The Morgan fingerprint density at radius 3 is 2.90 bits per heavy atom. The van der Waals surface area contributed by atoms with Gasteiger partial charge in [-0.2, -0.15) is 0 Å². The predicted octanol–water partition coefficient (Wildman–Crippen LogP) is 2.98. The molecule has 2 heterocycles. The van der Waals surface area contributed by atoms with Gasteiger partial charge in [0.05, 0.1) is 0 Å².